The molecule has 0 unspecified atom stereocenters. The van der Waals surface area contributed by atoms with E-state index in [1.807, 2.05) is 0 Å². The summed E-state index contributed by atoms with van der Waals surface area (Å²) in [6.45, 7) is -0.507. The first-order valence-electron chi connectivity index (χ1n) is 3.95. The summed E-state index contributed by atoms with van der Waals surface area (Å²) in [5, 5.41) is 10.4. The molecule has 4 nitrogen and oxygen atoms in total. The lowest BCUT2D eigenvalue weighted by Gasteiger charge is -2.04. The first-order chi connectivity index (χ1) is 7.00. The fourth-order valence-electron chi connectivity index (χ4n) is 0.925. The van der Waals surface area contributed by atoms with Gasteiger partial charge in [0.1, 0.15) is 12.4 Å². The van der Waals surface area contributed by atoms with Gasteiger partial charge in [-0.1, -0.05) is 11.6 Å². The summed E-state index contributed by atoms with van der Waals surface area (Å²) in [5.41, 5.74) is 0.0410. The van der Waals surface area contributed by atoms with E-state index >= 15 is 0 Å². The van der Waals surface area contributed by atoms with E-state index in [0.29, 0.717) is 0 Å². The Morgan fingerprint density at radius 3 is 2.67 bits per heavy atom. The van der Waals surface area contributed by atoms with Crippen LogP contribution in [-0.2, 0) is 4.79 Å². The molecule has 0 radical (unpaired) electrons. The number of carboxylic acids is 1. The Morgan fingerprint density at radius 2 is 2.13 bits per heavy atom. The molecule has 0 saturated carbocycles. The van der Waals surface area contributed by atoms with Crippen molar-refractivity contribution < 1.29 is 19.1 Å². The van der Waals surface area contributed by atoms with Crippen LogP contribution in [0.15, 0.2) is 18.2 Å². The SMILES string of the molecule is O=C(O)CNC(=O)c1ccc(F)cc1Cl. The Bertz CT molecular complexity index is 408. The molecule has 80 valence electrons. The third kappa shape index (κ3) is 3.21. The number of carboxylic acid groups (broad SMARTS) is 1. The summed E-state index contributed by atoms with van der Waals surface area (Å²) in [6, 6.07) is 3.24. The molecule has 1 aromatic carbocycles. The lowest BCUT2D eigenvalue weighted by Crippen LogP contribution is -2.29. The molecule has 0 aromatic heterocycles. The molecule has 0 aliphatic carbocycles. The number of benzene rings is 1. The molecule has 2 N–H and O–H groups in total. The van der Waals surface area contributed by atoms with Crippen molar-refractivity contribution in [1.29, 1.82) is 0 Å². The maximum atomic E-state index is 12.6. The first kappa shape index (κ1) is 11.5. The number of amides is 1. The molecule has 0 spiro atoms. The van der Waals surface area contributed by atoms with Gasteiger partial charge in [-0.25, -0.2) is 4.39 Å². The topological polar surface area (TPSA) is 66.4 Å². The molecule has 0 bridgehead atoms. The van der Waals surface area contributed by atoms with Crippen LogP contribution in [0.2, 0.25) is 5.02 Å². The van der Waals surface area contributed by atoms with Gasteiger partial charge >= 0.3 is 5.97 Å². The van der Waals surface area contributed by atoms with Gasteiger partial charge in [0, 0.05) is 0 Å². The zero-order chi connectivity index (χ0) is 11.4. The van der Waals surface area contributed by atoms with Crippen LogP contribution in [0.5, 0.6) is 0 Å². The van der Waals surface area contributed by atoms with Crippen LogP contribution in [0, 0.1) is 5.82 Å². The molecule has 0 atom stereocenters. The summed E-state index contributed by atoms with van der Waals surface area (Å²) in [5.74, 6) is -2.38. The summed E-state index contributed by atoms with van der Waals surface area (Å²) in [6.07, 6.45) is 0. The van der Waals surface area contributed by atoms with Crippen LogP contribution in [0.4, 0.5) is 4.39 Å². The number of rotatable bonds is 3. The molecule has 1 amide bonds. The molecule has 0 aliphatic rings. The highest BCUT2D eigenvalue weighted by Gasteiger charge is 2.11. The Labute approximate surface area is 89.7 Å². The average molecular weight is 232 g/mol. The lowest BCUT2D eigenvalue weighted by atomic mass is 10.2. The van der Waals surface area contributed by atoms with E-state index < -0.39 is 24.2 Å². The van der Waals surface area contributed by atoms with E-state index in [0.717, 1.165) is 12.1 Å². The predicted molar refractivity (Wildman–Crippen MR) is 51.4 cm³/mol. The van der Waals surface area contributed by atoms with Crippen molar-refractivity contribution in [3.05, 3.63) is 34.6 Å². The maximum Gasteiger partial charge on any atom is 0.322 e. The number of carbonyl (C=O) groups is 2. The second-order valence-electron chi connectivity index (χ2n) is 2.70. The molecule has 0 fully saturated rings. The molecule has 0 heterocycles. The van der Waals surface area contributed by atoms with E-state index in [-0.39, 0.29) is 10.6 Å². The maximum absolute atomic E-state index is 12.6. The summed E-state index contributed by atoms with van der Waals surface area (Å²) < 4.78 is 12.6. The van der Waals surface area contributed by atoms with Crippen LogP contribution in [0.1, 0.15) is 10.4 Å². The third-order valence-corrected chi connectivity index (χ3v) is 1.89. The largest absolute Gasteiger partial charge is 0.480 e. The Hall–Kier alpha value is -1.62. The minimum atomic E-state index is -1.17. The normalized spacial score (nSPS) is 9.73. The lowest BCUT2D eigenvalue weighted by molar-refractivity contribution is -0.135. The number of hydrogen-bond donors (Lipinski definition) is 2. The number of halogens is 2. The molecule has 0 aliphatic heterocycles. The first-order valence-corrected chi connectivity index (χ1v) is 4.33. The second kappa shape index (κ2) is 4.75. The van der Waals surface area contributed by atoms with Crippen molar-refractivity contribution >= 4 is 23.5 Å². The fraction of sp³-hybridized carbons (Fsp3) is 0.111. The number of hydrogen-bond acceptors (Lipinski definition) is 2. The molecular formula is C9H7ClFNO3. The van der Waals surface area contributed by atoms with Crippen LogP contribution in [0.25, 0.3) is 0 Å². The van der Waals surface area contributed by atoms with Gasteiger partial charge in [0.15, 0.2) is 0 Å². The molecule has 6 heteroatoms. The second-order valence-corrected chi connectivity index (χ2v) is 3.11. The van der Waals surface area contributed by atoms with Crippen LogP contribution in [0.3, 0.4) is 0 Å². The summed E-state index contributed by atoms with van der Waals surface area (Å²) >= 11 is 5.59. The Kier molecular flexibility index (Phi) is 3.62. The van der Waals surface area contributed by atoms with Gasteiger partial charge in [0.2, 0.25) is 0 Å². The van der Waals surface area contributed by atoms with E-state index in [1.165, 1.54) is 6.07 Å². The number of nitrogens with one attached hydrogen (secondary N) is 1. The van der Waals surface area contributed by atoms with Crippen LogP contribution < -0.4 is 5.32 Å². The molecule has 1 aromatic rings. The Morgan fingerprint density at radius 1 is 1.47 bits per heavy atom. The van der Waals surface area contributed by atoms with Crippen molar-refractivity contribution in [3.63, 3.8) is 0 Å². The fourth-order valence-corrected chi connectivity index (χ4v) is 1.18. The van der Waals surface area contributed by atoms with Gasteiger partial charge in [0.05, 0.1) is 10.6 Å². The van der Waals surface area contributed by atoms with Crippen molar-refractivity contribution in [2.45, 2.75) is 0 Å². The van der Waals surface area contributed by atoms with Gasteiger partial charge in [0.25, 0.3) is 5.91 Å². The van der Waals surface area contributed by atoms with Crippen LogP contribution >= 0.6 is 11.6 Å². The van der Waals surface area contributed by atoms with E-state index in [4.69, 9.17) is 16.7 Å². The highest BCUT2D eigenvalue weighted by atomic mass is 35.5. The highest BCUT2D eigenvalue weighted by molar-refractivity contribution is 6.33. The van der Waals surface area contributed by atoms with Gasteiger partial charge < -0.3 is 10.4 Å². The molecule has 1 rings (SSSR count). The van der Waals surface area contributed by atoms with Gasteiger partial charge in [-0.05, 0) is 18.2 Å². The smallest absolute Gasteiger partial charge is 0.322 e. The zero-order valence-electron chi connectivity index (χ0n) is 7.46. The average Bonchev–Trinajstić information content (AvgIpc) is 2.14. The van der Waals surface area contributed by atoms with Crippen molar-refractivity contribution in [1.82, 2.24) is 5.32 Å². The predicted octanol–water partition coefficient (Wildman–Crippen LogP) is 1.29. The van der Waals surface area contributed by atoms with E-state index in [9.17, 15) is 14.0 Å². The molecule has 15 heavy (non-hydrogen) atoms. The quantitative estimate of drug-likeness (QED) is 0.824. The Balaban J connectivity index is 2.78. The van der Waals surface area contributed by atoms with Gasteiger partial charge in [-0.3, -0.25) is 9.59 Å². The third-order valence-electron chi connectivity index (χ3n) is 1.58. The standard InChI is InChI=1S/C9H7ClFNO3/c10-7-3-5(11)1-2-6(7)9(15)12-4-8(13)14/h1-3H,4H2,(H,12,15)(H,13,14). The van der Waals surface area contributed by atoms with Gasteiger partial charge in [-0.15, -0.1) is 0 Å². The minimum Gasteiger partial charge on any atom is -0.480 e. The van der Waals surface area contributed by atoms with Gasteiger partial charge in [-0.2, -0.15) is 0 Å². The summed E-state index contributed by atoms with van der Waals surface area (Å²) in [4.78, 5) is 21.5. The van der Waals surface area contributed by atoms with E-state index in [1.54, 1.807) is 0 Å². The minimum absolute atomic E-state index is 0.0410. The van der Waals surface area contributed by atoms with E-state index in [2.05, 4.69) is 5.32 Å². The molecule has 0 saturated heterocycles. The van der Waals surface area contributed by atoms with Crippen LogP contribution in [-0.4, -0.2) is 23.5 Å². The number of carbonyl (C=O) groups excluding carboxylic acids is 1. The van der Waals surface area contributed by atoms with Crippen molar-refractivity contribution in [3.8, 4) is 0 Å². The van der Waals surface area contributed by atoms with Crippen molar-refractivity contribution in [2.24, 2.45) is 0 Å². The van der Waals surface area contributed by atoms with Crippen molar-refractivity contribution in [2.75, 3.05) is 6.54 Å². The molecular weight excluding hydrogens is 225 g/mol. The summed E-state index contributed by atoms with van der Waals surface area (Å²) in [7, 11) is 0. The number of aliphatic carboxylic acids is 1. The monoisotopic (exact) mass is 231 g/mol. The highest BCUT2D eigenvalue weighted by Crippen LogP contribution is 2.16. The zero-order valence-corrected chi connectivity index (χ0v) is 8.21.